The molecular formula is C25H30N2O6. The maximum Gasteiger partial charge on any atom is 0.257 e. The second-order valence-electron chi connectivity index (χ2n) is 8.63. The van der Waals surface area contributed by atoms with E-state index in [4.69, 9.17) is 14.2 Å². The van der Waals surface area contributed by atoms with E-state index in [-0.39, 0.29) is 18.2 Å². The van der Waals surface area contributed by atoms with Crippen molar-refractivity contribution in [2.24, 2.45) is 0 Å². The molecule has 2 aromatic carbocycles. The van der Waals surface area contributed by atoms with Gasteiger partial charge in [0.2, 0.25) is 5.91 Å². The Balaban J connectivity index is 1.94. The van der Waals surface area contributed by atoms with Gasteiger partial charge in [-0.05, 0) is 70.2 Å². The van der Waals surface area contributed by atoms with Crippen molar-refractivity contribution in [3.63, 3.8) is 0 Å². The number of benzene rings is 2. The first-order chi connectivity index (χ1) is 15.6. The van der Waals surface area contributed by atoms with E-state index in [2.05, 4.69) is 0 Å². The standard InChI is InChI=1S/C25H30N2O6/c1-7-33-18-11-9-17(10-12-18)26-22(28)15-19(24(26)30)27(25(2,3)4)23(29)16-8-13-20(31-5)21(14-16)32-6/h8-14,19H,7,15H2,1-6H3. The van der Waals surface area contributed by atoms with Gasteiger partial charge in [-0.3, -0.25) is 14.4 Å². The lowest BCUT2D eigenvalue weighted by Gasteiger charge is -2.39. The summed E-state index contributed by atoms with van der Waals surface area (Å²) < 4.78 is 16.0. The molecule has 1 saturated heterocycles. The molecule has 3 amide bonds. The first-order valence-corrected chi connectivity index (χ1v) is 10.8. The Morgan fingerprint density at radius 2 is 1.67 bits per heavy atom. The van der Waals surface area contributed by atoms with Gasteiger partial charge in [0.25, 0.3) is 11.8 Å². The number of amides is 3. The lowest BCUT2D eigenvalue weighted by molar-refractivity contribution is -0.123. The summed E-state index contributed by atoms with van der Waals surface area (Å²) in [6.45, 7) is 7.90. The van der Waals surface area contributed by atoms with Crippen molar-refractivity contribution in [3.05, 3.63) is 48.0 Å². The van der Waals surface area contributed by atoms with E-state index in [0.717, 1.165) is 4.90 Å². The van der Waals surface area contributed by atoms with Crippen molar-refractivity contribution < 1.29 is 28.6 Å². The van der Waals surface area contributed by atoms with Crippen molar-refractivity contribution in [3.8, 4) is 17.2 Å². The van der Waals surface area contributed by atoms with Gasteiger partial charge >= 0.3 is 0 Å². The molecule has 8 nitrogen and oxygen atoms in total. The molecule has 0 radical (unpaired) electrons. The molecule has 3 rings (SSSR count). The number of anilines is 1. The van der Waals surface area contributed by atoms with Crippen molar-refractivity contribution in [1.82, 2.24) is 4.90 Å². The van der Waals surface area contributed by atoms with Gasteiger partial charge in [-0.2, -0.15) is 0 Å². The van der Waals surface area contributed by atoms with E-state index >= 15 is 0 Å². The Hall–Kier alpha value is -3.55. The van der Waals surface area contributed by atoms with Gasteiger partial charge in [0, 0.05) is 11.1 Å². The van der Waals surface area contributed by atoms with E-state index in [1.165, 1.54) is 19.1 Å². The van der Waals surface area contributed by atoms with Crippen LogP contribution in [0.3, 0.4) is 0 Å². The van der Waals surface area contributed by atoms with Gasteiger partial charge < -0.3 is 19.1 Å². The molecule has 33 heavy (non-hydrogen) atoms. The van der Waals surface area contributed by atoms with Gasteiger partial charge in [-0.15, -0.1) is 0 Å². The minimum atomic E-state index is -0.926. The summed E-state index contributed by atoms with van der Waals surface area (Å²) in [6.07, 6.45) is -0.0949. The molecule has 0 aliphatic carbocycles. The van der Waals surface area contributed by atoms with Gasteiger partial charge in [-0.25, -0.2) is 4.90 Å². The normalized spacial score (nSPS) is 16.1. The number of imide groups is 1. The smallest absolute Gasteiger partial charge is 0.257 e. The Kier molecular flexibility index (Phi) is 6.95. The summed E-state index contributed by atoms with van der Waals surface area (Å²) >= 11 is 0. The number of methoxy groups -OCH3 is 2. The van der Waals surface area contributed by atoms with Crippen LogP contribution in [0.25, 0.3) is 0 Å². The summed E-state index contributed by atoms with van der Waals surface area (Å²) in [6, 6.07) is 10.7. The molecule has 1 heterocycles. The molecule has 0 saturated carbocycles. The minimum absolute atomic E-state index is 0.0949. The van der Waals surface area contributed by atoms with Crippen molar-refractivity contribution in [2.45, 2.75) is 45.7 Å². The highest BCUT2D eigenvalue weighted by atomic mass is 16.5. The summed E-state index contributed by atoms with van der Waals surface area (Å²) in [5, 5.41) is 0. The van der Waals surface area contributed by atoms with Crippen LogP contribution in [-0.2, 0) is 9.59 Å². The first kappa shape index (κ1) is 24.1. The van der Waals surface area contributed by atoms with Crippen molar-refractivity contribution in [1.29, 1.82) is 0 Å². The SMILES string of the molecule is CCOc1ccc(N2C(=O)CC(N(C(=O)c3ccc(OC)c(OC)c3)C(C)(C)C)C2=O)cc1. The first-order valence-electron chi connectivity index (χ1n) is 10.8. The molecule has 1 atom stereocenters. The Morgan fingerprint density at radius 3 is 2.21 bits per heavy atom. The second-order valence-corrected chi connectivity index (χ2v) is 8.63. The van der Waals surface area contributed by atoms with Crippen LogP contribution in [0.15, 0.2) is 42.5 Å². The molecule has 1 unspecified atom stereocenters. The highest BCUT2D eigenvalue weighted by Gasteiger charge is 2.47. The summed E-state index contributed by atoms with van der Waals surface area (Å²) in [7, 11) is 3.00. The largest absolute Gasteiger partial charge is 0.494 e. The molecule has 1 aliphatic rings. The molecule has 1 aliphatic heterocycles. The zero-order valence-corrected chi connectivity index (χ0v) is 19.9. The third-order valence-electron chi connectivity index (χ3n) is 5.41. The van der Waals surface area contributed by atoms with Gasteiger partial charge in [-0.1, -0.05) is 0 Å². The molecule has 0 aromatic heterocycles. The van der Waals surface area contributed by atoms with Crippen LogP contribution in [0.5, 0.6) is 17.2 Å². The van der Waals surface area contributed by atoms with Crippen molar-refractivity contribution >= 4 is 23.4 Å². The lowest BCUT2D eigenvalue weighted by Crippen LogP contribution is -2.54. The molecule has 0 N–H and O–H groups in total. The molecule has 2 aromatic rings. The van der Waals surface area contributed by atoms with Gasteiger partial charge in [0.1, 0.15) is 11.8 Å². The molecule has 176 valence electrons. The molecule has 0 spiro atoms. The van der Waals surface area contributed by atoms with E-state index in [1.54, 1.807) is 42.5 Å². The van der Waals surface area contributed by atoms with Crippen molar-refractivity contribution in [2.75, 3.05) is 25.7 Å². The molecular weight excluding hydrogens is 424 g/mol. The van der Waals surface area contributed by atoms with Gasteiger partial charge in [0.05, 0.1) is 32.9 Å². The topological polar surface area (TPSA) is 85.4 Å². The van der Waals surface area contributed by atoms with E-state index < -0.39 is 17.5 Å². The predicted molar refractivity (Wildman–Crippen MR) is 124 cm³/mol. The fourth-order valence-corrected chi connectivity index (χ4v) is 3.97. The van der Waals surface area contributed by atoms with Gasteiger partial charge in [0.15, 0.2) is 11.5 Å². The molecule has 8 heteroatoms. The maximum absolute atomic E-state index is 13.6. The number of hydrogen-bond donors (Lipinski definition) is 0. The lowest BCUT2D eigenvalue weighted by atomic mass is 9.99. The summed E-state index contributed by atoms with van der Waals surface area (Å²) in [4.78, 5) is 42.5. The number of nitrogens with zero attached hydrogens (tertiary/aromatic N) is 2. The van der Waals surface area contributed by atoms with Crippen LogP contribution in [-0.4, -0.2) is 55.0 Å². The zero-order chi connectivity index (χ0) is 24.3. The molecule has 0 bridgehead atoms. The number of hydrogen-bond acceptors (Lipinski definition) is 6. The van der Waals surface area contributed by atoms with Crippen LogP contribution in [0.2, 0.25) is 0 Å². The van der Waals surface area contributed by atoms with E-state index in [1.807, 2.05) is 27.7 Å². The number of carbonyl (C=O) groups is 3. The average molecular weight is 455 g/mol. The zero-order valence-electron chi connectivity index (χ0n) is 19.9. The highest BCUT2D eigenvalue weighted by molar-refractivity contribution is 6.23. The average Bonchev–Trinajstić information content (AvgIpc) is 3.06. The monoisotopic (exact) mass is 454 g/mol. The van der Waals surface area contributed by atoms with Crippen LogP contribution in [0.1, 0.15) is 44.5 Å². The third-order valence-corrected chi connectivity index (χ3v) is 5.41. The quantitative estimate of drug-likeness (QED) is 0.594. The third kappa shape index (κ3) is 4.79. The minimum Gasteiger partial charge on any atom is -0.494 e. The van der Waals surface area contributed by atoms with Crippen LogP contribution in [0, 0.1) is 0 Å². The second kappa shape index (κ2) is 9.52. The summed E-state index contributed by atoms with van der Waals surface area (Å²) in [5.41, 5.74) is 0.0605. The fraction of sp³-hybridized carbons (Fsp3) is 0.400. The van der Waals surface area contributed by atoms with Crippen LogP contribution in [0.4, 0.5) is 5.69 Å². The Labute approximate surface area is 194 Å². The Bertz CT molecular complexity index is 1040. The number of carbonyl (C=O) groups excluding carboxylic acids is 3. The van der Waals surface area contributed by atoms with E-state index in [9.17, 15) is 14.4 Å². The maximum atomic E-state index is 13.6. The van der Waals surface area contributed by atoms with E-state index in [0.29, 0.717) is 35.1 Å². The fourth-order valence-electron chi connectivity index (χ4n) is 3.97. The van der Waals surface area contributed by atoms with Crippen LogP contribution < -0.4 is 19.1 Å². The highest BCUT2D eigenvalue weighted by Crippen LogP contribution is 2.33. The molecule has 1 fully saturated rings. The predicted octanol–water partition coefficient (Wildman–Crippen LogP) is 3.68. The summed E-state index contributed by atoms with van der Waals surface area (Å²) in [5.74, 6) is 0.378. The number of ether oxygens (including phenoxy) is 3. The number of rotatable bonds is 7. The Morgan fingerprint density at radius 1 is 1.03 bits per heavy atom. The van der Waals surface area contributed by atoms with Crippen LogP contribution >= 0.6 is 0 Å².